The molecule has 0 radical (unpaired) electrons. The molecule has 30 heavy (non-hydrogen) atoms. The molecule has 4 rings (SSSR count). The molecule has 1 unspecified atom stereocenters. The fraction of sp³-hybridized carbons (Fsp3) is 0.136. The van der Waals surface area contributed by atoms with Crippen LogP contribution < -0.4 is 16.5 Å². The van der Waals surface area contributed by atoms with Crippen molar-refractivity contribution in [2.75, 3.05) is 0 Å². The fourth-order valence-electron chi connectivity index (χ4n) is 3.30. The zero-order valence-electron chi connectivity index (χ0n) is 16.2. The minimum Gasteiger partial charge on any atom is -0.458 e. The fourth-order valence-corrected chi connectivity index (χ4v) is 3.30. The van der Waals surface area contributed by atoms with Gasteiger partial charge in [0.25, 0.3) is 0 Å². The van der Waals surface area contributed by atoms with Crippen LogP contribution in [0.1, 0.15) is 12.7 Å². The van der Waals surface area contributed by atoms with Gasteiger partial charge in [0, 0.05) is 6.20 Å². The van der Waals surface area contributed by atoms with Gasteiger partial charge in [0.1, 0.15) is 28.7 Å². The third-order valence-corrected chi connectivity index (χ3v) is 4.89. The highest BCUT2D eigenvalue weighted by Crippen LogP contribution is 2.26. The normalized spacial score (nSPS) is 16.1. The Balaban J connectivity index is 1.84. The molecule has 0 spiro atoms. The number of amidine groups is 1. The number of benzene rings is 2. The van der Waals surface area contributed by atoms with Crippen molar-refractivity contribution in [1.82, 2.24) is 10.2 Å². The Morgan fingerprint density at radius 2 is 2.10 bits per heavy atom. The van der Waals surface area contributed by atoms with Gasteiger partial charge in [0.2, 0.25) is 5.43 Å². The van der Waals surface area contributed by atoms with E-state index in [0.717, 1.165) is 0 Å². The lowest BCUT2D eigenvalue weighted by Gasteiger charge is -2.26. The number of fused-ring (bicyclic) bond motifs is 1. The molecule has 0 amide bonds. The second-order valence-corrected chi connectivity index (χ2v) is 6.94. The number of hydrogen-bond acceptors (Lipinski definition) is 6. The van der Waals surface area contributed by atoms with Gasteiger partial charge in [-0.15, -0.1) is 0 Å². The van der Waals surface area contributed by atoms with Crippen molar-refractivity contribution in [3.63, 3.8) is 0 Å². The van der Waals surface area contributed by atoms with Crippen molar-refractivity contribution >= 4 is 23.1 Å². The molecule has 2 aromatic carbocycles. The van der Waals surface area contributed by atoms with Crippen LogP contribution in [-0.4, -0.2) is 23.2 Å². The molecular formula is C22H20FN5O2. The van der Waals surface area contributed by atoms with Gasteiger partial charge in [-0.25, -0.2) is 9.38 Å². The van der Waals surface area contributed by atoms with E-state index in [1.54, 1.807) is 48.9 Å². The first-order valence-corrected chi connectivity index (χ1v) is 9.35. The van der Waals surface area contributed by atoms with E-state index in [4.69, 9.17) is 15.6 Å². The first-order valence-electron chi connectivity index (χ1n) is 9.35. The number of rotatable bonds is 4. The molecule has 2 heterocycles. The summed E-state index contributed by atoms with van der Waals surface area (Å²) in [6, 6.07) is 12.9. The van der Waals surface area contributed by atoms with Gasteiger partial charge in [-0.05, 0) is 36.8 Å². The number of para-hydroxylation sites is 1. The molecule has 1 aliphatic heterocycles. The lowest BCUT2D eigenvalue weighted by molar-refractivity contribution is 0.286. The zero-order valence-corrected chi connectivity index (χ0v) is 16.2. The van der Waals surface area contributed by atoms with Crippen LogP contribution in [0.15, 0.2) is 74.6 Å². The van der Waals surface area contributed by atoms with Crippen LogP contribution in [0, 0.1) is 11.2 Å². The average Bonchev–Trinajstić information content (AvgIpc) is 2.90. The Morgan fingerprint density at radius 3 is 2.87 bits per heavy atom. The molecule has 0 saturated heterocycles. The van der Waals surface area contributed by atoms with Crippen LogP contribution in [0.25, 0.3) is 22.1 Å². The van der Waals surface area contributed by atoms with Crippen molar-refractivity contribution < 1.29 is 8.81 Å². The van der Waals surface area contributed by atoms with Gasteiger partial charge in [-0.1, -0.05) is 24.3 Å². The summed E-state index contributed by atoms with van der Waals surface area (Å²) in [6.07, 6.45) is 2.89. The Labute approximate surface area is 171 Å². The van der Waals surface area contributed by atoms with E-state index < -0.39 is 5.82 Å². The van der Waals surface area contributed by atoms with E-state index in [0.29, 0.717) is 33.6 Å². The maximum atomic E-state index is 13.9. The molecule has 0 aliphatic carbocycles. The Kier molecular flexibility index (Phi) is 5.05. The maximum Gasteiger partial charge on any atom is 0.200 e. The molecule has 0 fully saturated rings. The molecular weight excluding hydrogens is 385 g/mol. The van der Waals surface area contributed by atoms with Crippen molar-refractivity contribution in [3.05, 3.63) is 82.2 Å². The van der Waals surface area contributed by atoms with Crippen molar-refractivity contribution in [2.45, 2.75) is 19.6 Å². The Hall–Kier alpha value is -3.94. The maximum absolute atomic E-state index is 13.9. The van der Waals surface area contributed by atoms with Gasteiger partial charge in [0.05, 0.1) is 30.0 Å². The summed E-state index contributed by atoms with van der Waals surface area (Å²) >= 11 is 0. The Bertz CT molecular complexity index is 1250. The van der Waals surface area contributed by atoms with Gasteiger partial charge < -0.3 is 20.4 Å². The van der Waals surface area contributed by atoms with E-state index in [9.17, 15) is 9.18 Å². The quantitative estimate of drug-likeness (QED) is 0.457. The smallest absolute Gasteiger partial charge is 0.200 e. The van der Waals surface area contributed by atoms with Crippen LogP contribution in [0.4, 0.5) is 4.39 Å². The minimum atomic E-state index is -0.437. The molecule has 7 nitrogen and oxygen atoms in total. The molecule has 8 heteroatoms. The molecule has 1 atom stereocenters. The predicted octanol–water partition coefficient (Wildman–Crippen LogP) is 3.16. The standard InChI is InChI=1S/C22H20FN5O2/c1-13-26-10-17(22(24)25)27-12-28(13)11-19-20(14-5-4-6-15(23)9-14)21(29)16-7-2-3-8-18(16)30-19/h2-10,12-13,26H,11H2,1H3,(H3,24,25). The monoisotopic (exact) mass is 405 g/mol. The first kappa shape index (κ1) is 19.4. The van der Waals surface area contributed by atoms with Crippen LogP contribution in [0.2, 0.25) is 0 Å². The lowest BCUT2D eigenvalue weighted by Crippen LogP contribution is -2.39. The highest BCUT2D eigenvalue weighted by molar-refractivity contribution is 5.95. The lowest BCUT2D eigenvalue weighted by atomic mass is 10.0. The van der Waals surface area contributed by atoms with E-state index in [-0.39, 0.29) is 24.0 Å². The molecule has 1 aliphatic rings. The number of aliphatic imine (C=N–C) groups is 1. The number of hydrogen-bond donors (Lipinski definition) is 3. The molecule has 3 aromatic rings. The number of nitrogens with two attached hydrogens (primary N) is 1. The third kappa shape index (κ3) is 3.67. The SMILES string of the molecule is CC1NC=C(C(=N)N)N=CN1Cc1oc2ccccc2c(=O)c1-c1cccc(F)c1. The predicted molar refractivity (Wildman–Crippen MR) is 115 cm³/mol. The molecule has 0 saturated carbocycles. The highest BCUT2D eigenvalue weighted by Gasteiger charge is 2.21. The number of nitrogens with zero attached hydrogens (tertiary/aromatic N) is 2. The van der Waals surface area contributed by atoms with Gasteiger partial charge in [-0.3, -0.25) is 10.2 Å². The van der Waals surface area contributed by atoms with E-state index in [2.05, 4.69) is 10.3 Å². The van der Waals surface area contributed by atoms with E-state index in [1.807, 2.05) is 11.8 Å². The summed E-state index contributed by atoms with van der Waals surface area (Å²) < 4.78 is 20.0. The van der Waals surface area contributed by atoms with Crippen LogP contribution in [-0.2, 0) is 6.54 Å². The van der Waals surface area contributed by atoms with Crippen molar-refractivity contribution in [2.24, 2.45) is 10.7 Å². The van der Waals surface area contributed by atoms with Gasteiger partial charge in [0.15, 0.2) is 0 Å². The van der Waals surface area contributed by atoms with Gasteiger partial charge >= 0.3 is 0 Å². The van der Waals surface area contributed by atoms with Crippen molar-refractivity contribution in [1.29, 1.82) is 5.41 Å². The second kappa shape index (κ2) is 7.82. The summed E-state index contributed by atoms with van der Waals surface area (Å²) in [5, 5.41) is 11.1. The number of nitrogens with one attached hydrogen (secondary N) is 2. The number of halogens is 1. The van der Waals surface area contributed by atoms with Crippen molar-refractivity contribution in [3.8, 4) is 11.1 Å². The van der Waals surface area contributed by atoms with Gasteiger partial charge in [-0.2, -0.15) is 0 Å². The Morgan fingerprint density at radius 1 is 1.30 bits per heavy atom. The largest absolute Gasteiger partial charge is 0.458 e. The molecule has 4 N–H and O–H groups in total. The topological polar surface area (TPSA) is 108 Å². The molecule has 1 aromatic heterocycles. The van der Waals surface area contributed by atoms with E-state index >= 15 is 0 Å². The summed E-state index contributed by atoms with van der Waals surface area (Å²) in [7, 11) is 0. The first-order chi connectivity index (χ1) is 14.4. The highest BCUT2D eigenvalue weighted by atomic mass is 19.1. The molecule has 0 bridgehead atoms. The minimum absolute atomic E-state index is 0.162. The summed E-state index contributed by atoms with van der Waals surface area (Å²) in [4.78, 5) is 19.3. The van der Waals surface area contributed by atoms with Crippen LogP contribution in [0.5, 0.6) is 0 Å². The summed E-state index contributed by atoms with van der Waals surface area (Å²) in [5.41, 5.74) is 6.79. The van der Waals surface area contributed by atoms with Crippen LogP contribution in [0.3, 0.4) is 0 Å². The summed E-state index contributed by atoms with van der Waals surface area (Å²) in [5.74, 6) is -0.214. The van der Waals surface area contributed by atoms with Crippen LogP contribution >= 0.6 is 0 Å². The molecule has 152 valence electrons. The van der Waals surface area contributed by atoms with E-state index in [1.165, 1.54) is 12.1 Å². The third-order valence-electron chi connectivity index (χ3n) is 4.89. The average molecular weight is 405 g/mol. The summed E-state index contributed by atoms with van der Waals surface area (Å²) in [6.45, 7) is 2.09. The zero-order chi connectivity index (χ0) is 21.3. The second-order valence-electron chi connectivity index (χ2n) is 6.94.